The number of carbonyl (C=O) groups excluding carboxylic acids is 1. The molecule has 3 N–H and O–H groups in total. The predicted molar refractivity (Wildman–Crippen MR) is 103 cm³/mol. The minimum Gasteiger partial charge on any atom is -0.354 e. The standard InChI is InChI=1S/C19H24N2OS.ClH/c20-17(15-8-3-1-4-9-15)18(22)21-14-19(11-5-2-6-12-19)16-10-7-13-23-16;/h1,3-4,7-10,13,17H,2,5-6,11-12,14,20H2,(H,21,22);1H. The summed E-state index contributed by atoms with van der Waals surface area (Å²) < 4.78 is 0. The Hall–Kier alpha value is -1.36. The average Bonchev–Trinajstić information content (AvgIpc) is 3.16. The maximum Gasteiger partial charge on any atom is 0.241 e. The Bertz CT molecular complexity index is 624. The zero-order valence-corrected chi connectivity index (χ0v) is 15.4. The van der Waals surface area contributed by atoms with E-state index in [-0.39, 0.29) is 23.7 Å². The van der Waals surface area contributed by atoms with Crippen molar-refractivity contribution in [2.24, 2.45) is 5.73 Å². The zero-order valence-electron chi connectivity index (χ0n) is 13.7. The molecule has 0 bridgehead atoms. The van der Waals surface area contributed by atoms with Crippen molar-refractivity contribution in [2.75, 3.05) is 6.54 Å². The number of amides is 1. The molecule has 1 aliphatic rings. The van der Waals surface area contributed by atoms with Crippen LogP contribution >= 0.6 is 23.7 Å². The number of halogens is 1. The summed E-state index contributed by atoms with van der Waals surface area (Å²) in [6, 6.07) is 13.3. The minimum atomic E-state index is -0.597. The van der Waals surface area contributed by atoms with Crippen LogP contribution in [0.2, 0.25) is 0 Å². The van der Waals surface area contributed by atoms with Crippen LogP contribution in [0.3, 0.4) is 0 Å². The molecule has 3 rings (SSSR count). The summed E-state index contributed by atoms with van der Waals surface area (Å²) in [6.07, 6.45) is 6.06. The van der Waals surface area contributed by atoms with Crippen LogP contribution in [0, 0.1) is 0 Å². The lowest BCUT2D eigenvalue weighted by Crippen LogP contribution is -2.44. The van der Waals surface area contributed by atoms with Crippen LogP contribution in [0.25, 0.3) is 0 Å². The second-order valence-corrected chi connectivity index (χ2v) is 7.37. The van der Waals surface area contributed by atoms with E-state index in [2.05, 4.69) is 22.8 Å². The van der Waals surface area contributed by atoms with Gasteiger partial charge in [-0.3, -0.25) is 4.79 Å². The van der Waals surface area contributed by atoms with Gasteiger partial charge in [-0.1, -0.05) is 55.7 Å². The maximum absolute atomic E-state index is 12.5. The highest BCUT2D eigenvalue weighted by molar-refractivity contribution is 7.10. The van der Waals surface area contributed by atoms with Gasteiger partial charge in [0.05, 0.1) is 0 Å². The molecule has 1 heterocycles. The summed E-state index contributed by atoms with van der Waals surface area (Å²) in [5, 5.41) is 5.25. The molecule has 1 saturated carbocycles. The summed E-state index contributed by atoms with van der Waals surface area (Å²) in [5.74, 6) is -0.0855. The number of nitrogens with one attached hydrogen (secondary N) is 1. The number of rotatable bonds is 5. The summed E-state index contributed by atoms with van der Waals surface area (Å²) in [4.78, 5) is 13.9. The van der Waals surface area contributed by atoms with Crippen molar-refractivity contribution in [1.82, 2.24) is 5.32 Å². The average molecular weight is 365 g/mol. The quantitative estimate of drug-likeness (QED) is 0.835. The first-order chi connectivity index (χ1) is 11.2. The van der Waals surface area contributed by atoms with E-state index in [4.69, 9.17) is 5.73 Å². The molecular formula is C19H25ClN2OS. The Kier molecular flexibility index (Phi) is 6.84. The van der Waals surface area contributed by atoms with Crippen molar-refractivity contribution in [3.05, 3.63) is 58.3 Å². The molecule has 24 heavy (non-hydrogen) atoms. The van der Waals surface area contributed by atoms with Gasteiger partial charge in [0.15, 0.2) is 0 Å². The van der Waals surface area contributed by atoms with Crippen molar-refractivity contribution < 1.29 is 4.79 Å². The van der Waals surface area contributed by atoms with E-state index in [0.29, 0.717) is 6.54 Å². The second-order valence-electron chi connectivity index (χ2n) is 6.42. The fourth-order valence-corrected chi connectivity index (χ4v) is 4.48. The molecule has 0 radical (unpaired) electrons. The van der Waals surface area contributed by atoms with Crippen LogP contribution < -0.4 is 11.1 Å². The van der Waals surface area contributed by atoms with Gasteiger partial charge >= 0.3 is 0 Å². The third-order valence-electron chi connectivity index (χ3n) is 4.90. The van der Waals surface area contributed by atoms with E-state index in [9.17, 15) is 4.79 Å². The van der Waals surface area contributed by atoms with Crippen LogP contribution in [0.15, 0.2) is 47.8 Å². The molecule has 3 nitrogen and oxygen atoms in total. The van der Waals surface area contributed by atoms with Crippen LogP contribution in [0.5, 0.6) is 0 Å². The van der Waals surface area contributed by atoms with Gasteiger partial charge < -0.3 is 11.1 Å². The van der Waals surface area contributed by atoms with E-state index < -0.39 is 6.04 Å². The molecule has 1 aromatic carbocycles. The van der Waals surface area contributed by atoms with Gasteiger partial charge in [0, 0.05) is 16.8 Å². The zero-order chi connectivity index (χ0) is 16.1. The Morgan fingerprint density at radius 1 is 1.12 bits per heavy atom. The third-order valence-corrected chi connectivity index (χ3v) is 6.01. The number of hydrogen-bond donors (Lipinski definition) is 2. The van der Waals surface area contributed by atoms with Crippen LogP contribution in [0.1, 0.15) is 48.6 Å². The van der Waals surface area contributed by atoms with Crippen molar-refractivity contribution in [3.8, 4) is 0 Å². The molecule has 0 spiro atoms. The van der Waals surface area contributed by atoms with Gasteiger partial charge in [0.2, 0.25) is 5.91 Å². The Labute approximate surface area is 154 Å². The van der Waals surface area contributed by atoms with Gasteiger partial charge in [-0.25, -0.2) is 0 Å². The smallest absolute Gasteiger partial charge is 0.241 e. The molecule has 1 atom stereocenters. The summed E-state index contributed by atoms with van der Waals surface area (Å²) >= 11 is 1.80. The fourth-order valence-electron chi connectivity index (χ4n) is 3.50. The molecule has 5 heteroatoms. The SMILES string of the molecule is Cl.NC(C(=O)NCC1(c2cccs2)CCCCC1)c1ccccc1. The third kappa shape index (κ3) is 4.18. The first-order valence-corrected chi connectivity index (χ1v) is 9.21. The number of thiophene rings is 1. The molecule has 130 valence electrons. The van der Waals surface area contributed by atoms with Gasteiger partial charge in [-0.05, 0) is 29.9 Å². The predicted octanol–water partition coefficient (Wildman–Crippen LogP) is 4.19. The first kappa shape index (κ1) is 19.0. The molecule has 1 fully saturated rings. The van der Waals surface area contributed by atoms with E-state index >= 15 is 0 Å². The Balaban J connectivity index is 0.00000208. The highest BCUT2D eigenvalue weighted by atomic mass is 35.5. The van der Waals surface area contributed by atoms with Crippen LogP contribution in [0.4, 0.5) is 0 Å². The number of nitrogens with two attached hydrogens (primary N) is 1. The van der Waals surface area contributed by atoms with Gasteiger partial charge in [0.25, 0.3) is 0 Å². The lowest BCUT2D eigenvalue weighted by molar-refractivity contribution is -0.122. The number of benzene rings is 1. The monoisotopic (exact) mass is 364 g/mol. The molecule has 1 aliphatic carbocycles. The normalized spacial score (nSPS) is 17.5. The van der Waals surface area contributed by atoms with Crippen molar-refractivity contribution in [3.63, 3.8) is 0 Å². The Morgan fingerprint density at radius 2 is 1.83 bits per heavy atom. The fraction of sp³-hybridized carbons (Fsp3) is 0.421. The molecule has 0 saturated heterocycles. The van der Waals surface area contributed by atoms with Crippen molar-refractivity contribution in [2.45, 2.75) is 43.6 Å². The van der Waals surface area contributed by atoms with E-state index in [0.717, 1.165) is 18.4 Å². The summed E-state index contributed by atoms with van der Waals surface area (Å²) in [5.41, 5.74) is 7.06. The maximum atomic E-state index is 12.5. The lowest BCUT2D eigenvalue weighted by atomic mass is 9.73. The van der Waals surface area contributed by atoms with Crippen molar-refractivity contribution >= 4 is 29.7 Å². The Morgan fingerprint density at radius 3 is 2.46 bits per heavy atom. The highest BCUT2D eigenvalue weighted by Gasteiger charge is 2.35. The molecule has 0 aliphatic heterocycles. The molecule has 1 unspecified atom stereocenters. The van der Waals surface area contributed by atoms with Gasteiger partial charge in [-0.2, -0.15) is 0 Å². The van der Waals surface area contributed by atoms with E-state index in [1.807, 2.05) is 30.3 Å². The van der Waals surface area contributed by atoms with Crippen LogP contribution in [-0.4, -0.2) is 12.5 Å². The second kappa shape index (κ2) is 8.65. The van der Waals surface area contributed by atoms with Gasteiger partial charge in [-0.15, -0.1) is 23.7 Å². The summed E-state index contributed by atoms with van der Waals surface area (Å²) in [7, 11) is 0. The lowest BCUT2D eigenvalue weighted by Gasteiger charge is -2.37. The van der Waals surface area contributed by atoms with Crippen molar-refractivity contribution in [1.29, 1.82) is 0 Å². The molecule has 2 aromatic rings. The van der Waals surface area contributed by atoms with E-state index in [1.165, 1.54) is 24.1 Å². The van der Waals surface area contributed by atoms with Crippen LogP contribution in [-0.2, 0) is 10.2 Å². The minimum absolute atomic E-state index is 0. The van der Waals surface area contributed by atoms with E-state index in [1.54, 1.807) is 11.3 Å². The topological polar surface area (TPSA) is 55.1 Å². The molecule has 1 aromatic heterocycles. The summed E-state index contributed by atoms with van der Waals surface area (Å²) in [6.45, 7) is 0.687. The number of hydrogen-bond acceptors (Lipinski definition) is 3. The first-order valence-electron chi connectivity index (χ1n) is 8.33. The molecule has 1 amide bonds. The number of carbonyl (C=O) groups is 1. The largest absolute Gasteiger partial charge is 0.354 e. The molecular weight excluding hydrogens is 340 g/mol. The van der Waals surface area contributed by atoms with Gasteiger partial charge in [0.1, 0.15) is 6.04 Å². The highest BCUT2D eigenvalue weighted by Crippen LogP contribution is 2.41.